The highest BCUT2D eigenvalue weighted by Crippen LogP contribution is 2.19. The predicted molar refractivity (Wildman–Crippen MR) is 133 cm³/mol. The Morgan fingerprint density at radius 3 is 2.79 bits per heavy atom. The Morgan fingerprint density at radius 2 is 2.06 bits per heavy atom. The van der Waals surface area contributed by atoms with Gasteiger partial charge in [0, 0.05) is 18.7 Å². The quantitative estimate of drug-likeness (QED) is 0.394. The van der Waals surface area contributed by atoms with Crippen LogP contribution in [0.3, 0.4) is 0 Å². The maximum absolute atomic E-state index is 12.3. The molecule has 1 saturated heterocycles. The number of hydrazone groups is 1. The first-order valence-electron chi connectivity index (χ1n) is 11.5. The van der Waals surface area contributed by atoms with Crippen LogP contribution >= 0.6 is 0 Å². The largest absolute Gasteiger partial charge is 0.492 e. The van der Waals surface area contributed by atoms with E-state index in [0.29, 0.717) is 17.9 Å². The number of aromatic amines is 1. The summed E-state index contributed by atoms with van der Waals surface area (Å²) in [5.74, 6) is 1.75. The maximum atomic E-state index is 12.3. The number of nitrogens with one attached hydrogen (secondary N) is 2. The van der Waals surface area contributed by atoms with Crippen molar-refractivity contribution < 1.29 is 4.74 Å². The molecule has 0 amide bonds. The summed E-state index contributed by atoms with van der Waals surface area (Å²) in [5, 5.41) is 13.5. The fourth-order valence-corrected chi connectivity index (χ4v) is 4.04. The molecule has 8 nitrogen and oxygen atoms in total. The number of anilines is 1. The van der Waals surface area contributed by atoms with Gasteiger partial charge in [-0.25, -0.2) is 10.4 Å². The van der Waals surface area contributed by atoms with Gasteiger partial charge in [-0.1, -0.05) is 37.3 Å². The third-order valence-electron chi connectivity index (χ3n) is 5.76. The molecule has 0 radical (unpaired) electrons. The molecule has 1 aliphatic heterocycles. The van der Waals surface area contributed by atoms with Crippen LogP contribution < -0.4 is 15.7 Å². The van der Waals surface area contributed by atoms with Gasteiger partial charge in [0.1, 0.15) is 24.0 Å². The lowest BCUT2D eigenvalue weighted by atomic mass is 10.0. The van der Waals surface area contributed by atoms with E-state index in [0.717, 1.165) is 36.9 Å². The van der Waals surface area contributed by atoms with Crippen LogP contribution in [0, 0.1) is 17.2 Å². The number of H-pyrrole nitrogens is 1. The van der Waals surface area contributed by atoms with Gasteiger partial charge in [-0.2, -0.15) is 10.4 Å². The molecule has 0 bridgehead atoms. The van der Waals surface area contributed by atoms with Crippen LogP contribution in [-0.4, -0.2) is 47.3 Å². The number of benzene rings is 2. The van der Waals surface area contributed by atoms with E-state index in [-0.39, 0.29) is 11.5 Å². The molecule has 0 spiro atoms. The van der Waals surface area contributed by atoms with E-state index in [1.54, 1.807) is 18.3 Å². The third kappa shape index (κ3) is 6.09. The van der Waals surface area contributed by atoms with Crippen LogP contribution in [0.5, 0.6) is 5.75 Å². The van der Waals surface area contributed by atoms with E-state index >= 15 is 0 Å². The molecule has 8 heteroatoms. The highest BCUT2D eigenvalue weighted by molar-refractivity contribution is 5.80. The summed E-state index contributed by atoms with van der Waals surface area (Å²) < 4.78 is 5.89. The van der Waals surface area contributed by atoms with E-state index in [2.05, 4.69) is 32.3 Å². The Bertz CT molecular complexity index is 1210. The smallest absolute Gasteiger partial charge is 0.270 e. The van der Waals surface area contributed by atoms with E-state index in [1.165, 1.54) is 12.8 Å². The minimum atomic E-state index is -0.519. The number of likely N-dealkylation sites (tertiary alicyclic amines) is 1. The molecule has 2 N–H and O–H groups in total. The molecule has 2 aromatic carbocycles. The number of piperidine rings is 1. The van der Waals surface area contributed by atoms with Gasteiger partial charge >= 0.3 is 0 Å². The molecule has 1 aliphatic rings. The van der Waals surface area contributed by atoms with Crippen LogP contribution in [0.25, 0.3) is 11.3 Å². The lowest BCUT2D eigenvalue weighted by Gasteiger charge is -2.30. The summed E-state index contributed by atoms with van der Waals surface area (Å²) in [6.45, 7) is 6.22. The monoisotopic (exact) mass is 456 g/mol. The van der Waals surface area contributed by atoms with Gasteiger partial charge in [0.25, 0.3) is 5.56 Å². The Hall–Kier alpha value is -3.96. The number of ether oxygens (including phenoxy) is 1. The second kappa shape index (κ2) is 11.3. The molecular formula is C26H28N6O2. The fraction of sp³-hybridized carbons (Fsp3) is 0.308. The van der Waals surface area contributed by atoms with Crippen molar-refractivity contribution >= 4 is 12.2 Å². The van der Waals surface area contributed by atoms with Gasteiger partial charge in [0.2, 0.25) is 5.95 Å². The molecule has 174 valence electrons. The van der Waals surface area contributed by atoms with E-state index < -0.39 is 5.56 Å². The number of aromatic nitrogens is 2. The average Bonchev–Trinajstić information content (AvgIpc) is 2.85. The van der Waals surface area contributed by atoms with Crippen molar-refractivity contribution in [1.82, 2.24) is 14.9 Å². The third-order valence-corrected chi connectivity index (χ3v) is 5.76. The second-order valence-electron chi connectivity index (χ2n) is 8.45. The minimum absolute atomic E-state index is 0.0360. The molecule has 3 aromatic rings. The number of nitrogens with zero attached hydrogens (tertiary/aromatic N) is 4. The van der Waals surface area contributed by atoms with Gasteiger partial charge in [-0.15, -0.1) is 0 Å². The first-order valence-corrected chi connectivity index (χ1v) is 11.5. The normalized spacial score (nSPS) is 16.3. The summed E-state index contributed by atoms with van der Waals surface area (Å²) in [7, 11) is 0. The maximum Gasteiger partial charge on any atom is 0.270 e. The van der Waals surface area contributed by atoms with Crippen molar-refractivity contribution in [2.45, 2.75) is 19.8 Å². The van der Waals surface area contributed by atoms with E-state index in [4.69, 9.17) is 4.74 Å². The van der Waals surface area contributed by atoms with Crippen molar-refractivity contribution in [3.8, 4) is 23.1 Å². The molecule has 1 unspecified atom stereocenters. The Balaban J connectivity index is 1.34. The highest BCUT2D eigenvalue weighted by Gasteiger charge is 2.15. The van der Waals surface area contributed by atoms with E-state index in [1.807, 2.05) is 48.5 Å². The molecule has 1 atom stereocenters. The van der Waals surface area contributed by atoms with Crippen LogP contribution in [0.1, 0.15) is 30.9 Å². The molecule has 0 aliphatic carbocycles. The van der Waals surface area contributed by atoms with Crippen molar-refractivity contribution in [1.29, 1.82) is 5.26 Å². The van der Waals surface area contributed by atoms with Gasteiger partial charge in [-0.3, -0.25) is 14.7 Å². The lowest BCUT2D eigenvalue weighted by Crippen LogP contribution is -2.37. The van der Waals surface area contributed by atoms with E-state index in [9.17, 15) is 10.1 Å². The highest BCUT2D eigenvalue weighted by atomic mass is 16.5. The van der Waals surface area contributed by atoms with Crippen molar-refractivity contribution in [2.24, 2.45) is 11.0 Å². The average molecular weight is 457 g/mol. The first-order chi connectivity index (χ1) is 16.6. The zero-order chi connectivity index (χ0) is 23.8. The number of hydrogen-bond donors (Lipinski definition) is 2. The molecule has 1 fully saturated rings. The molecule has 2 heterocycles. The predicted octanol–water partition coefficient (Wildman–Crippen LogP) is 3.87. The number of rotatable bonds is 8. The summed E-state index contributed by atoms with van der Waals surface area (Å²) in [5.41, 5.74) is 4.04. The van der Waals surface area contributed by atoms with Crippen molar-refractivity contribution in [2.75, 3.05) is 31.7 Å². The Labute approximate surface area is 198 Å². The van der Waals surface area contributed by atoms with Crippen LogP contribution in [0.4, 0.5) is 5.95 Å². The minimum Gasteiger partial charge on any atom is -0.492 e. The first kappa shape index (κ1) is 23.2. The number of hydrogen-bond acceptors (Lipinski definition) is 7. The summed E-state index contributed by atoms with van der Waals surface area (Å²) in [6.07, 6.45) is 4.21. The summed E-state index contributed by atoms with van der Waals surface area (Å²) >= 11 is 0. The standard InChI is InChI=1S/C26H28N6O2/c1-19-6-5-13-32(18-19)14-15-34-22-11-9-20(10-12-22)17-28-31-26-29-24(21-7-3-2-4-8-21)23(16-27)25(33)30-26/h2-4,7-12,17,19H,5-6,13-15,18H2,1H3,(H2,29,30,31,33). The fourth-order valence-electron chi connectivity index (χ4n) is 4.04. The summed E-state index contributed by atoms with van der Waals surface area (Å²) in [6, 6.07) is 18.7. The van der Waals surface area contributed by atoms with Crippen molar-refractivity contribution in [3.63, 3.8) is 0 Å². The molecular weight excluding hydrogens is 428 g/mol. The molecule has 4 rings (SSSR count). The summed E-state index contributed by atoms with van der Waals surface area (Å²) in [4.78, 5) is 21.7. The van der Waals surface area contributed by atoms with Crippen LogP contribution in [0.15, 0.2) is 64.5 Å². The van der Waals surface area contributed by atoms with Gasteiger partial charge in [-0.05, 0) is 55.1 Å². The molecule has 1 aromatic heterocycles. The lowest BCUT2D eigenvalue weighted by molar-refractivity contribution is 0.153. The van der Waals surface area contributed by atoms with Crippen LogP contribution in [-0.2, 0) is 0 Å². The molecule has 0 saturated carbocycles. The second-order valence-corrected chi connectivity index (χ2v) is 8.45. The van der Waals surface area contributed by atoms with Gasteiger partial charge in [0.05, 0.1) is 11.9 Å². The SMILES string of the molecule is CC1CCCN(CCOc2ccc(C=NNc3nc(-c4ccccc4)c(C#N)c(=O)[nH]3)cc2)C1. The number of nitriles is 1. The Kier molecular flexibility index (Phi) is 7.68. The zero-order valence-corrected chi connectivity index (χ0v) is 19.2. The topological polar surface area (TPSA) is 106 Å². The zero-order valence-electron chi connectivity index (χ0n) is 19.2. The molecule has 34 heavy (non-hydrogen) atoms. The van der Waals surface area contributed by atoms with Gasteiger partial charge in [0.15, 0.2) is 0 Å². The van der Waals surface area contributed by atoms with Gasteiger partial charge < -0.3 is 4.74 Å². The Morgan fingerprint density at radius 1 is 1.26 bits per heavy atom. The van der Waals surface area contributed by atoms with Crippen molar-refractivity contribution in [3.05, 3.63) is 76.1 Å². The van der Waals surface area contributed by atoms with Crippen LogP contribution in [0.2, 0.25) is 0 Å².